The predicted molar refractivity (Wildman–Crippen MR) is 67.9 cm³/mol. The molecule has 5 N–H and O–H groups in total. The van der Waals surface area contributed by atoms with Crippen molar-refractivity contribution in [2.45, 2.75) is 57.7 Å². The van der Waals surface area contributed by atoms with E-state index in [0.29, 0.717) is 24.1 Å². The molecule has 1 aliphatic carbocycles. The van der Waals surface area contributed by atoms with Crippen LogP contribution < -0.4 is 16.9 Å². The van der Waals surface area contributed by atoms with E-state index in [1.165, 1.54) is 17.9 Å². The Bertz CT molecular complexity index is 229. The Labute approximate surface area is 98.2 Å². The molecule has 5 nitrogen and oxygen atoms in total. The van der Waals surface area contributed by atoms with Crippen LogP contribution in [0.4, 0.5) is 0 Å². The van der Waals surface area contributed by atoms with Crippen molar-refractivity contribution in [2.24, 2.45) is 16.6 Å². The van der Waals surface area contributed by atoms with Crippen LogP contribution in [0.5, 0.6) is 0 Å². The lowest BCUT2D eigenvalue weighted by molar-refractivity contribution is 0.325. The Hall–Kier alpha value is -0.810. The summed E-state index contributed by atoms with van der Waals surface area (Å²) in [6.45, 7) is 4.37. The lowest BCUT2D eigenvalue weighted by atomic mass is 9.91. The topological polar surface area (TPSA) is 79.7 Å². The van der Waals surface area contributed by atoms with Gasteiger partial charge >= 0.3 is 0 Å². The van der Waals surface area contributed by atoms with Gasteiger partial charge in [-0.1, -0.05) is 13.8 Å². The largest absolute Gasteiger partial charge is 0.369 e. The van der Waals surface area contributed by atoms with Gasteiger partial charge in [0.15, 0.2) is 0 Å². The predicted octanol–water partition coefficient (Wildman–Crippen LogP) is 0.416. The van der Waals surface area contributed by atoms with Crippen molar-refractivity contribution in [2.75, 3.05) is 7.05 Å². The molecule has 0 aromatic heterocycles. The molecule has 1 rings (SSSR count). The van der Waals surface area contributed by atoms with Crippen LogP contribution >= 0.6 is 0 Å². The third-order valence-corrected chi connectivity index (χ3v) is 2.94. The molecule has 16 heavy (non-hydrogen) atoms. The number of hydrazine groups is 1. The molecule has 0 aliphatic heterocycles. The molecule has 94 valence electrons. The normalized spacial score (nSPS) is 27.2. The molecule has 0 radical (unpaired) electrons. The number of hydrogen-bond donors (Lipinski definition) is 3. The molecule has 1 saturated carbocycles. The maximum atomic E-state index is 5.70. The van der Waals surface area contributed by atoms with Crippen molar-refractivity contribution in [1.82, 2.24) is 10.3 Å². The summed E-state index contributed by atoms with van der Waals surface area (Å²) >= 11 is 0. The maximum Gasteiger partial charge on any atom is 0.205 e. The highest BCUT2D eigenvalue weighted by Crippen LogP contribution is 2.21. The first-order valence-corrected chi connectivity index (χ1v) is 6.06. The SMILES string of the molecule is CC(C)NC1CCC(N=C(N)N(C)N)CC1. The van der Waals surface area contributed by atoms with Crippen molar-refractivity contribution < 1.29 is 0 Å². The van der Waals surface area contributed by atoms with Crippen LogP contribution in [0.15, 0.2) is 4.99 Å². The average molecular weight is 227 g/mol. The van der Waals surface area contributed by atoms with Crippen molar-refractivity contribution in [3.63, 3.8) is 0 Å². The second-order valence-electron chi connectivity index (χ2n) is 4.93. The Balaban J connectivity index is 2.35. The Morgan fingerprint density at radius 2 is 1.88 bits per heavy atom. The molecule has 1 aliphatic rings. The number of hydrogen-bond acceptors (Lipinski definition) is 3. The van der Waals surface area contributed by atoms with E-state index in [1.807, 2.05) is 0 Å². The Morgan fingerprint density at radius 1 is 1.31 bits per heavy atom. The number of nitrogens with zero attached hydrogens (tertiary/aromatic N) is 2. The zero-order chi connectivity index (χ0) is 12.1. The fraction of sp³-hybridized carbons (Fsp3) is 0.909. The molecule has 0 amide bonds. The lowest BCUT2D eigenvalue weighted by Gasteiger charge is -2.29. The van der Waals surface area contributed by atoms with E-state index in [-0.39, 0.29) is 0 Å². The number of aliphatic imine (C=N–C) groups is 1. The van der Waals surface area contributed by atoms with Crippen molar-refractivity contribution in [3.05, 3.63) is 0 Å². The van der Waals surface area contributed by atoms with Crippen LogP contribution in [0, 0.1) is 0 Å². The van der Waals surface area contributed by atoms with Crippen LogP contribution in [-0.2, 0) is 0 Å². The first kappa shape index (κ1) is 13.3. The average Bonchev–Trinajstić information content (AvgIpc) is 2.20. The third kappa shape index (κ3) is 4.37. The van der Waals surface area contributed by atoms with Gasteiger partial charge in [0.1, 0.15) is 0 Å². The van der Waals surface area contributed by atoms with Crippen molar-refractivity contribution >= 4 is 5.96 Å². The van der Waals surface area contributed by atoms with Gasteiger partial charge < -0.3 is 11.1 Å². The quantitative estimate of drug-likeness (QED) is 0.282. The molecule has 0 atom stereocenters. The second-order valence-corrected chi connectivity index (χ2v) is 4.93. The molecule has 0 unspecified atom stereocenters. The minimum Gasteiger partial charge on any atom is -0.369 e. The summed E-state index contributed by atoms with van der Waals surface area (Å²) in [4.78, 5) is 4.42. The maximum absolute atomic E-state index is 5.70. The molecule has 0 bridgehead atoms. The van der Waals surface area contributed by atoms with Crippen LogP contribution in [0.3, 0.4) is 0 Å². The van der Waals surface area contributed by atoms with E-state index in [9.17, 15) is 0 Å². The molecular formula is C11H25N5. The minimum atomic E-state index is 0.344. The Kier molecular flexibility index (Phi) is 5.02. The molecule has 5 heteroatoms. The van der Waals surface area contributed by atoms with E-state index in [0.717, 1.165) is 12.8 Å². The first-order chi connectivity index (χ1) is 7.49. The second kappa shape index (κ2) is 6.06. The van der Waals surface area contributed by atoms with Gasteiger partial charge in [-0.05, 0) is 25.7 Å². The molecule has 0 spiro atoms. The smallest absolute Gasteiger partial charge is 0.205 e. The molecule has 0 aromatic rings. The molecule has 0 aromatic carbocycles. The minimum absolute atomic E-state index is 0.344. The van der Waals surface area contributed by atoms with Gasteiger partial charge in [0, 0.05) is 19.1 Å². The van der Waals surface area contributed by atoms with E-state index < -0.39 is 0 Å². The number of nitrogens with two attached hydrogens (primary N) is 2. The van der Waals surface area contributed by atoms with E-state index in [2.05, 4.69) is 24.2 Å². The van der Waals surface area contributed by atoms with E-state index in [1.54, 1.807) is 7.05 Å². The van der Waals surface area contributed by atoms with Crippen LogP contribution in [0.2, 0.25) is 0 Å². The number of nitrogens with one attached hydrogen (secondary N) is 1. The van der Waals surface area contributed by atoms with Gasteiger partial charge in [-0.15, -0.1) is 0 Å². The van der Waals surface area contributed by atoms with E-state index in [4.69, 9.17) is 11.6 Å². The van der Waals surface area contributed by atoms with E-state index >= 15 is 0 Å². The van der Waals surface area contributed by atoms with Crippen LogP contribution in [0.25, 0.3) is 0 Å². The summed E-state index contributed by atoms with van der Waals surface area (Å²) in [6, 6.07) is 1.55. The summed E-state index contributed by atoms with van der Waals surface area (Å²) in [6.07, 6.45) is 4.54. The summed E-state index contributed by atoms with van der Waals surface area (Å²) < 4.78 is 0. The molecule has 1 fully saturated rings. The highest BCUT2D eigenvalue weighted by molar-refractivity contribution is 5.77. The summed E-state index contributed by atoms with van der Waals surface area (Å²) in [7, 11) is 1.71. The Morgan fingerprint density at radius 3 is 2.31 bits per heavy atom. The fourth-order valence-corrected chi connectivity index (χ4v) is 2.12. The van der Waals surface area contributed by atoms with Gasteiger partial charge in [-0.25, -0.2) is 10.8 Å². The van der Waals surface area contributed by atoms with Gasteiger partial charge in [-0.2, -0.15) is 0 Å². The fourth-order valence-electron chi connectivity index (χ4n) is 2.12. The molecule has 0 saturated heterocycles. The zero-order valence-electron chi connectivity index (χ0n) is 10.6. The number of guanidine groups is 1. The van der Waals surface area contributed by atoms with Crippen molar-refractivity contribution in [1.29, 1.82) is 0 Å². The van der Waals surface area contributed by atoms with Gasteiger partial charge in [0.25, 0.3) is 0 Å². The highest BCUT2D eigenvalue weighted by atomic mass is 15.4. The zero-order valence-corrected chi connectivity index (χ0v) is 10.6. The number of rotatable bonds is 3. The van der Waals surface area contributed by atoms with Crippen LogP contribution in [0.1, 0.15) is 39.5 Å². The summed E-state index contributed by atoms with van der Waals surface area (Å²) in [5.41, 5.74) is 5.70. The van der Waals surface area contributed by atoms with Gasteiger partial charge in [0.05, 0.1) is 6.04 Å². The first-order valence-electron chi connectivity index (χ1n) is 6.06. The third-order valence-electron chi connectivity index (χ3n) is 2.94. The standard InChI is InChI=1S/C11H25N5/c1-8(2)14-9-4-6-10(7-5-9)15-11(12)16(3)13/h8-10,14H,4-7,13H2,1-3H3,(H2,12,15). The summed E-state index contributed by atoms with van der Waals surface area (Å²) in [5, 5.41) is 4.94. The van der Waals surface area contributed by atoms with Gasteiger partial charge in [0.2, 0.25) is 5.96 Å². The highest BCUT2D eigenvalue weighted by Gasteiger charge is 2.21. The summed E-state index contributed by atoms with van der Waals surface area (Å²) in [5.74, 6) is 5.94. The van der Waals surface area contributed by atoms with Crippen molar-refractivity contribution in [3.8, 4) is 0 Å². The van der Waals surface area contributed by atoms with Gasteiger partial charge in [-0.3, -0.25) is 5.01 Å². The lowest BCUT2D eigenvalue weighted by Crippen LogP contribution is -2.42. The van der Waals surface area contributed by atoms with Crippen LogP contribution in [-0.4, -0.2) is 36.1 Å². The monoisotopic (exact) mass is 227 g/mol. The molecular weight excluding hydrogens is 202 g/mol. The molecule has 0 heterocycles.